The van der Waals surface area contributed by atoms with Gasteiger partial charge in [-0.2, -0.15) is 0 Å². The third-order valence-electron chi connectivity index (χ3n) is 2.62. The number of hydrogen-bond donors (Lipinski definition) is 1. The Balaban J connectivity index is 1.98. The topological polar surface area (TPSA) is 21.3 Å². The lowest BCUT2D eigenvalue weighted by Crippen LogP contribution is -2.22. The van der Waals surface area contributed by atoms with Crippen molar-refractivity contribution in [2.45, 2.75) is 33.0 Å². The van der Waals surface area contributed by atoms with E-state index in [2.05, 4.69) is 48.8 Å². The van der Waals surface area contributed by atoms with Gasteiger partial charge >= 0.3 is 0 Å². The molecule has 0 aliphatic rings. The quantitative estimate of drug-likeness (QED) is 0.853. The fourth-order valence-electron chi connectivity index (χ4n) is 1.65. The van der Waals surface area contributed by atoms with Crippen molar-refractivity contribution in [1.82, 2.24) is 5.32 Å². The first-order chi connectivity index (χ1) is 8.75. The molecule has 0 aliphatic carbocycles. The van der Waals surface area contributed by atoms with Crippen LogP contribution in [0.4, 0.5) is 0 Å². The van der Waals surface area contributed by atoms with Crippen LogP contribution in [0, 0.1) is 0 Å². The van der Waals surface area contributed by atoms with Crippen molar-refractivity contribution in [3.8, 4) is 5.75 Å². The molecule has 0 radical (unpaired) electrons. The molecule has 0 saturated heterocycles. The molecule has 0 aliphatic heterocycles. The number of benzene rings is 1. The van der Waals surface area contributed by atoms with Gasteiger partial charge in [-0.1, -0.05) is 38.1 Å². The van der Waals surface area contributed by atoms with Crippen LogP contribution in [-0.4, -0.2) is 6.04 Å². The summed E-state index contributed by atoms with van der Waals surface area (Å²) in [5, 5.41) is 5.49. The Kier molecular flexibility index (Phi) is 4.79. The standard InChI is InChI=1S/C15H19NOS/c1-12(2)16-10-13-6-3-4-8-15(13)17-11-14-7-5-9-18-14/h3-9,12,16H,10-11H2,1-2H3. The molecule has 0 unspecified atom stereocenters. The van der Waals surface area contributed by atoms with Crippen molar-refractivity contribution in [3.05, 3.63) is 52.2 Å². The van der Waals surface area contributed by atoms with E-state index in [1.165, 1.54) is 10.4 Å². The minimum absolute atomic E-state index is 0.482. The fraction of sp³-hybridized carbons (Fsp3) is 0.333. The highest BCUT2D eigenvalue weighted by Gasteiger charge is 2.04. The molecule has 0 spiro atoms. The van der Waals surface area contributed by atoms with E-state index in [-0.39, 0.29) is 0 Å². The van der Waals surface area contributed by atoms with Crippen molar-refractivity contribution < 1.29 is 4.74 Å². The Morgan fingerprint density at radius 3 is 2.72 bits per heavy atom. The summed E-state index contributed by atoms with van der Waals surface area (Å²) in [5.74, 6) is 0.971. The van der Waals surface area contributed by atoms with Crippen molar-refractivity contribution in [2.75, 3.05) is 0 Å². The number of rotatable bonds is 6. The number of nitrogens with one attached hydrogen (secondary N) is 1. The second-order valence-corrected chi connectivity index (χ2v) is 5.54. The third-order valence-corrected chi connectivity index (χ3v) is 3.47. The highest BCUT2D eigenvalue weighted by Crippen LogP contribution is 2.20. The first-order valence-corrected chi connectivity index (χ1v) is 7.10. The van der Waals surface area contributed by atoms with E-state index in [0.29, 0.717) is 12.6 Å². The van der Waals surface area contributed by atoms with Gasteiger partial charge in [0.15, 0.2) is 0 Å². The molecule has 3 heteroatoms. The van der Waals surface area contributed by atoms with Gasteiger partial charge < -0.3 is 10.1 Å². The molecule has 96 valence electrons. The van der Waals surface area contributed by atoms with Crippen molar-refractivity contribution in [3.63, 3.8) is 0 Å². The zero-order valence-corrected chi connectivity index (χ0v) is 11.7. The monoisotopic (exact) mass is 261 g/mol. The van der Waals surface area contributed by atoms with Crippen LogP contribution in [0.5, 0.6) is 5.75 Å². The Labute approximate surface area is 113 Å². The molecule has 0 fully saturated rings. The number of thiophene rings is 1. The summed E-state index contributed by atoms with van der Waals surface area (Å²) >= 11 is 1.73. The van der Waals surface area contributed by atoms with Crippen molar-refractivity contribution >= 4 is 11.3 Å². The summed E-state index contributed by atoms with van der Waals surface area (Å²) in [6.45, 7) is 5.79. The molecule has 0 amide bonds. The lowest BCUT2D eigenvalue weighted by atomic mass is 10.2. The molecule has 2 rings (SSSR count). The average Bonchev–Trinajstić information content (AvgIpc) is 2.88. The van der Waals surface area contributed by atoms with E-state index in [0.717, 1.165) is 12.3 Å². The zero-order valence-electron chi connectivity index (χ0n) is 10.8. The highest BCUT2D eigenvalue weighted by molar-refractivity contribution is 7.09. The molecule has 1 aromatic heterocycles. The van der Waals surface area contributed by atoms with Crippen molar-refractivity contribution in [2.24, 2.45) is 0 Å². The number of ether oxygens (including phenoxy) is 1. The Morgan fingerprint density at radius 2 is 2.00 bits per heavy atom. The molecule has 1 N–H and O–H groups in total. The largest absolute Gasteiger partial charge is 0.488 e. The normalized spacial score (nSPS) is 10.8. The first-order valence-electron chi connectivity index (χ1n) is 6.22. The summed E-state index contributed by atoms with van der Waals surface area (Å²) in [5.41, 5.74) is 1.21. The Morgan fingerprint density at radius 1 is 1.17 bits per heavy atom. The summed E-state index contributed by atoms with van der Waals surface area (Å²) in [6, 6.07) is 12.8. The van der Waals surface area contributed by atoms with Crippen LogP contribution in [0.1, 0.15) is 24.3 Å². The van der Waals surface area contributed by atoms with Crippen LogP contribution in [0.2, 0.25) is 0 Å². The van der Waals surface area contributed by atoms with Crippen LogP contribution in [0.25, 0.3) is 0 Å². The van der Waals surface area contributed by atoms with Gasteiger partial charge in [0.1, 0.15) is 12.4 Å². The minimum atomic E-state index is 0.482. The van der Waals surface area contributed by atoms with Gasteiger partial charge in [-0.25, -0.2) is 0 Å². The summed E-state index contributed by atoms with van der Waals surface area (Å²) in [7, 11) is 0. The third kappa shape index (κ3) is 3.86. The first kappa shape index (κ1) is 13.1. The number of para-hydroxylation sites is 1. The van der Waals surface area contributed by atoms with Gasteiger partial charge in [0.05, 0.1) is 0 Å². The van der Waals surface area contributed by atoms with E-state index >= 15 is 0 Å². The van der Waals surface area contributed by atoms with E-state index in [1.807, 2.05) is 12.1 Å². The molecular formula is C15H19NOS. The maximum atomic E-state index is 5.88. The molecule has 18 heavy (non-hydrogen) atoms. The van der Waals surface area contributed by atoms with Crippen molar-refractivity contribution in [1.29, 1.82) is 0 Å². The van der Waals surface area contributed by atoms with Crippen LogP contribution in [-0.2, 0) is 13.2 Å². The molecule has 1 aromatic carbocycles. The second kappa shape index (κ2) is 6.57. The summed E-state index contributed by atoms with van der Waals surface area (Å²) in [4.78, 5) is 1.25. The second-order valence-electron chi connectivity index (χ2n) is 4.51. The summed E-state index contributed by atoms with van der Waals surface area (Å²) < 4.78 is 5.88. The van der Waals surface area contributed by atoms with Gasteiger partial charge in [0.25, 0.3) is 0 Å². The molecule has 0 bridgehead atoms. The minimum Gasteiger partial charge on any atom is -0.488 e. The molecular weight excluding hydrogens is 242 g/mol. The van der Waals surface area contributed by atoms with E-state index in [1.54, 1.807) is 11.3 Å². The maximum Gasteiger partial charge on any atom is 0.124 e. The Hall–Kier alpha value is -1.32. The van der Waals surface area contributed by atoms with Crippen LogP contribution < -0.4 is 10.1 Å². The SMILES string of the molecule is CC(C)NCc1ccccc1OCc1cccs1. The van der Waals surface area contributed by atoms with Gasteiger partial charge in [0.2, 0.25) is 0 Å². The van der Waals surface area contributed by atoms with Crippen LogP contribution in [0.15, 0.2) is 41.8 Å². The zero-order chi connectivity index (χ0) is 12.8. The predicted molar refractivity (Wildman–Crippen MR) is 77.1 cm³/mol. The van der Waals surface area contributed by atoms with Crippen LogP contribution in [0.3, 0.4) is 0 Å². The summed E-state index contributed by atoms with van der Waals surface area (Å²) in [6.07, 6.45) is 0. The van der Waals surface area contributed by atoms with E-state index < -0.39 is 0 Å². The lowest BCUT2D eigenvalue weighted by Gasteiger charge is -2.13. The van der Waals surface area contributed by atoms with E-state index in [4.69, 9.17) is 4.74 Å². The van der Waals surface area contributed by atoms with E-state index in [9.17, 15) is 0 Å². The Bertz CT molecular complexity index is 465. The van der Waals surface area contributed by atoms with Gasteiger partial charge in [-0.3, -0.25) is 0 Å². The van der Waals surface area contributed by atoms with Gasteiger partial charge in [0, 0.05) is 23.0 Å². The van der Waals surface area contributed by atoms with Gasteiger partial charge in [-0.15, -0.1) is 11.3 Å². The van der Waals surface area contributed by atoms with Crippen LogP contribution >= 0.6 is 11.3 Å². The molecule has 0 atom stereocenters. The highest BCUT2D eigenvalue weighted by atomic mass is 32.1. The molecule has 0 saturated carbocycles. The number of hydrogen-bond acceptors (Lipinski definition) is 3. The predicted octanol–water partition coefficient (Wildman–Crippen LogP) is 3.83. The fourth-order valence-corrected chi connectivity index (χ4v) is 2.26. The molecule has 2 nitrogen and oxygen atoms in total. The molecule has 1 heterocycles. The average molecular weight is 261 g/mol. The molecule has 2 aromatic rings. The van der Waals surface area contributed by atoms with Gasteiger partial charge in [-0.05, 0) is 17.5 Å². The maximum absolute atomic E-state index is 5.88. The lowest BCUT2D eigenvalue weighted by molar-refractivity contribution is 0.305. The smallest absolute Gasteiger partial charge is 0.124 e.